The van der Waals surface area contributed by atoms with E-state index >= 15 is 0 Å². The maximum Gasteiger partial charge on any atom is 0.227 e. The fraction of sp³-hybridized carbons (Fsp3) is 0.306. The molecule has 0 bridgehead atoms. The number of benzene rings is 3. The molecule has 8 nitrogen and oxygen atoms in total. The van der Waals surface area contributed by atoms with E-state index in [1.54, 1.807) is 0 Å². The number of rotatable bonds is 11. The largest absolute Gasteiger partial charge is 0.434 e. The lowest BCUT2D eigenvalue weighted by Gasteiger charge is -2.28. The number of aliphatic hydroxyl groups excluding tert-OH is 2. The van der Waals surface area contributed by atoms with Crippen LogP contribution >= 0.6 is 23.2 Å². The van der Waals surface area contributed by atoms with Gasteiger partial charge in [-0.25, -0.2) is 9.97 Å². The Balaban J connectivity index is 1.28. The van der Waals surface area contributed by atoms with Gasteiger partial charge in [0, 0.05) is 50.3 Å². The summed E-state index contributed by atoms with van der Waals surface area (Å²) in [6, 6.07) is 17.3. The normalized spacial score (nSPS) is 13.3. The van der Waals surface area contributed by atoms with Gasteiger partial charge in [-0.05, 0) is 77.9 Å². The molecule has 0 amide bonds. The molecular weight excluding hydrogens is 623 g/mol. The van der Waals surface area contributed by atoms with Gasteiger partial charge < -0.3 is 19.9 Å². The fourth-order valence-electron chi connectivity index (χ4n) is 6.20. The van der Waals surface area contributed by atoms with E-state index in [0.717, 1.165) is 57.6 Å². The lowest BCUT2D eigenvalue weighted by atomic mass is 9.93. The number of nitrogens with zero attached hydrogens (tertiary/aromatic N) is 3. The molecule has 6 rings (SSSR count). The molecular formula is C36H36Cl2N4O4. The molecule has 0 unspecified atom stereocenters. The third-order valence-corrected chi connectivity index (χ3v) is 9.32. The van der Waals surface area contributed by atoms with E-state index in [9.17, 15) is 9.90 Å². The number of carbonyl (C=O) groups is 1. The van der Waals surface area contributed by atoms with Crippen LogP contribution < -0.4 is 5.32 Å². The maximum atomic E-state index is 13.6. The minimum absolute atomic E-state index is 0.0557. The SMILES string of the molecule is Cc1cc(C(=O)Cc2cccc(-c3cccc(-c4nc5cc(CNCCO)cc(Cl)c5o4)c3C)c2Cl)nc2c1CCN(CCO)C2. The molecule has 0 aliphatic carbocycles. The molecule has 238 valence electrons. The highest BCUT2D eigenvalue weighted by atomic mass is 35.5. The maximum absolute atomic E-state index is 13.6. The number of aryl methyl sites for hydroxylation is 1. The predicted octanol–water partition coefficient (Wildman–Crippen LogP) is 6.34. The fourth-order valence-corrected chi connectivity index (χ4v) is 6.77. The first-order valence-electron chi connectivity index (χ1n) is 15.4. The number of aliphatic hydroxyl groups is 2. The van der Waals surface area contributed by atoms with Gasteiger partial charge in [0.1, 0.15) is 11.2 Å². The Bertz CT molecular complexity index is 1920. The zero-order valence-electron chi connectivity index (χ0n) is 25.9. The smallest absolute Gasteiger partial charge is 0.227 e. The summed E-state index contributed by atoms with van der Waals surface area (Å²) in [5, 5.41) is 22.6. The summed E-state index contributed by atoms with van der Waals surface area (Å²) in [5.74, 6) is 0.356. The van der Waals surface area contributed by atoms with E-state index in [1.165, 1.54) is 5.56 Å². The van der Waals surface area contributed by atoms with Gasteiger partial charge in [-0.1, -0.05) is 53.5 Å². The number of hydrogen-bond donors (Lipinski definition) is 3. The zero-order valence-corrected chi connectivity index (χ0v) is 27.4. The Hall–Kier alpha value is -3.63. The van der Waals surface area contributed by atoms with Gasteiger partial charge in [-0.2, -0.15) is 0 Å². The van der Waals surface area contributed by atoms with Crippen molar-refractivity contribution in [1.82, 2.24) is 20.2 Å². The summed E-state index contributed by atoms with van der Waals surface area (Å²) in [5.41, 5.74) is 9.90. The molecule has 0 spiro atoms. The molecule has 46 heavy (non-hydrogen) atoms. The number of nitrogens with one attached hydrogen (secondary N) is 1. The Labute approximate surface area is 278 Å². The second kappa shape index (κ2) is 14.0. The summed E-state index contributed by atoms with van der Waals surface area (Å²) < 4.78 is 6.16. The van der Waals surface area contributed by atoms with Gasteiger partial charge in [-0.15, -0.1) is 0 Å². The highest BCUT2D eigenvalue weighted by Crippen LogP contribution is 2.38. The van der Waals surface area contributed by atoms with Crippen LogP contribution in [0.4, 0.5) is 0 Å². The number of halogens is 2. The predicted molar refractivity (Wildman–Crippen MR) is 182 cm³/mol. The van der Waals surface area contributed by atoms with Crippen molar-refractivity contribution in [2.24, 2.45) is 0 Å². The second-order valence-corrected chi connectivity index (χ2v) is 12.5. The van der Waals surface area contributed by atoms with Crippen LogP contribution in [0.25, 0.3) is 33.7 Å². The van der Waals surface area contributed by atoms with Gasteiger partial charge in [0.2, 0.25) is 5.89 Å². The quantitative estimate of drug-likeness (QED) is 0.111. The van der Waals surface area contributed by atoms with Crippen LogP contribution in [0.15, 0.2) is 59.0 Å². The van der Waals surface area contributed by atoms with Crippen LogP contribution in [0.3, 0.4) is 0 Å². The summed E-state index contributed by atoms with van der Waals surface area (Å²) in [6.45, 7) is 7.30. The van der Waals surface area contributed by atoms with E-state index in [1.807, 2.05) is 68.4 Å². The van der Waals surface area contributed by atoms with E-state index in [-0.39, 0.29) is 25.4 Å². The Morgan fingerprint density at radius 1 is 1.00 bits per heavy atom. The van der Waals surface area contributed by atoms with Crippen LogP contribution in [-0.4, -0.2) is 63.7 Å². The number of fused-ring (bicyclic) bond motifs is 2. The monoisotopic (exact) mass is 658 g/mol. The third-order valence-electron chi connectivity index (χ3n) is 8.59. The van der Waals surface area contributed by atoms with Crippen LogP contribution in [0, 0.1) is 13.8 Å². The molecule has 1 aliphatic heterocycles. The zero-order chi connectivity index (χ0) is 32.4. The Morgan fingerprint density at radius 3 is 2.59 bits per heavy atom. The van der Waals surface area contributed by atoms with Gasteiger partial charge >= 0.3 is 0 Å². The molecule has 0 radical (unpaired) electrons. The first kappa shape index (κ1) is 32.3. The van der Waals surface area contributed by atoms with Crippen molar-refractivity contribution in [3.63, 3.8) is 0 Å². The molecule has 5 aromatic rings. The number of ketones is 1. The summed E-state index contributed by atoms with van der Waals surface area (Å²) in [4.78, 5) is 25.2. The molecule has 2 aromatic heterocycles. The summed E-state index contributed by atoms with van der Waals surface area (Å²) in [7, 11) is 0. The number of Topliss-reactive ketones (excluding diaryl/α,β-unsaturated/α-hetero) is 1. The summed E-state index contributed by atoms with van der Waals surface area (Å²) in [6.07, 6.45) is 0.978. The lowest BCUT2D eigenvalue weighted by molar-refractivity contribution is 0.0987. The lowest BCUT2D eigenvalue weighted by Crippen LogP contribution is -2.34. The van der Waals surface area contributed by atoms with Gasteiger partial charge in [0.15, 0.2) is 11.4 Å². The second-order valence-electron chi connectivity index (χ2n) is 11.7. The minimum Gasteiger partial charge on any atom is -0.434 e. The highest BCUT2D eigenvalue weighted by molar-refractivity contribution is 6.35. The van der Waals surface area contributed by atoms with Crippen LogP contribution in [0.1, 0.15) is 44.0 Å². The first-order chi connectivity index (χ1) is 22.3. The van der Waals surface area contributed by atoms with Crippen molar-refractivity contribution in [1.29, 1.82) is 0 Å². The standard InChI is InChI=1S/C36H36Cl2N4O4/c1-21-15-30(40-32-20-42(12-14-44)11-9-25(21)32)33(45)18-24-5-3-8-28(34(24)38)26-6-4-7-27(22(26)2)36-41-31-17-23(19-39-10-13-43)16-29(37)35(31)46-36/h3-8,15-17,39,43-44H,9-14,18-20H2,1-2H3. The first-order valence-corrected chi connectivity index (χ1v) is 16.2. The molecule has 0 atom stereocenters. The number of carbonyl (C=O) groups excluding carboxylic acids is 1. The number of aromatic nitrogens is 2. The molecule has 10 heteroatoms. The van der Waals surface area contributed by atoms with Crippen molar-refractivity contribution >= 4 is 40.1 Å². The number of pyridine rings is 1. The average molecular weight is 660 g/mol. The highest BCUT2D eigenvalue weighted by Gasteiger charge is 2.23. The van der Waals surface area contributed by atoms with Gasteiger partial charge in [-0.3, -0.25) is 9.69 Å². The van der Waals surface area contributed by atoms with Crippen molar-refractivity contribution in [3.8, 4) is 22.6 Å². The van der Waals surface area contributed by atoms with Crippen molar-refractivity contribution in [2.45, 2.75) is 39.8 Å². The molecule has 3 aromatic carbocycles. The molecule has 3 heterocycles. The number of oxazole rings is 1. The van der Waals surface area contributed by atoms with E-state index in [0.29, 0.717) is 58.9 Å². The average Bonchev–Trinajstić information content (AvgIpc) is 3.47. The summed E-state index contributed by atoms with van der Waals surface area (Å²) >= 11 is 13.6. The van der Waals surface area contributed by atoms with Crippen molar-refractivity contribution in [3.05, 3.63) is 104 Å². The number of β-amino-alcohol motifs (C(OH)–C–C–N with tert-alkyl or cyclic N) is 1. The van der Waals surface area contributed by atoms with Crippen LogP contribution in [0.2, 0.25) is 10.0 Å². The van der Waals surface area contributed by atoms with Crippen LogP contribution in [0.5, 0.6) is 0 Å². The molecule has 0 saturated heterocycles. The van der Waals surface area contributed by atoms with Gasteiger partial charge in [0.25, 0.3) is 0 Å². The van der Waals surface area contributed by atoms with Crippen molar-refractivity contribution in [2.75, 3.05) is 32.8 Å². The molecule has 1 aliphatic rings. The van der Waals surface area contributed by atoms with Crippen molar-refractivity contribution < 1.29 is 19.4 Å². The van der Waals surface area contributed by atoms with E-state index in [2.05, 4.69) is 10.2 Å². The molecule has 0 saturated carbocycles. The van der Waals surface area contributed by atoms with E-state index < -0.39 is 0 Å². The molecule has 0 fully saturated rings. The molecule has 3 N–H and O–H groups in total. The third kappa shape index (κ3) is 6.60. The Morgan fingerprint density at radius 2 is 1.78 bits per heavy atom. The van der Waals surface area contributed by atoms with Crippen LogP contribution in [-0.2, 0) is 25.9 Å². The minimum atomic E-state index is -0.0935. The topological polar surface area (TPSA) is 112 Å². The Kier molecular flexibility index (Phi) is 9.84. The number of hydrogen-bond acceptors (Lipinski definition) is 8. The van der Waals surface area contributed by atoms with E-state index in [4.69, 9.17) is 42.7 Å². The van der Waals surface area contributed by atoms with Gasteiger partial charge in [0.05, 0.1) is 29.0 Å².